The fourth-order valence-electron chi connectivity index (χ4n) is 4.17. The highest BCUT2D eigenvalue weighted by molar-refractivity contribution is 5.91. The van der Waals surface area contributed by atoms with Crippen molar-refractivity contribution in [2.45, 2.75) is 51.7 Å². The van der Waals surface area contributed by atoms with E-state index in [1.165, 1.54) is 13.8 Å². The average molecular weight is 535 g/mol. The molecule has 2 N–H and O–H groups in total. The number of piperidine rings is 1. The van der Waals surface area contributed by atoms with E-state index in [2.05, 4.69) is 20.2 Å². The molecule has 1 saturated heterocycles. The van der Waals surface area contributed by atoms with Crippen LogP contribution in [-0.4, -0.2) is 58.4 Å². The molecule has 1 fully saturated rings. The van der Waals surface area contributed by atoms with E-state index >= 15 is 0 Å². The Morgan fingerprint density at radius 2 is 1.85 bits per heavy atom. The number of carboxylic acid groups (broad SMARTS) is 1. The molecule has 0 aliphatic carbocycles. The molecule has 1 aromatic heterocycles. The van der Waals surface area contributed by atoms with Gasteiger partial charge in [-0.05, 0) is 69.5 Å². The smallest absolute Gasteiger partial charge is 0.347 e. The van der Waals surface area contributed by atoms with Gasteiger partial charge in [0, 0.05) is 12.7 Å². The van der Waals surface area contributed by atoms with Crippen LogP contribution in [0.2, 0.25) is 0 Å². The maximum Gasteiger partial charge on any atom is 0.347 e. The molecule has 1 amide bonds. The summed E-state index contributed by atoms with van der Waals surface area (Å²) >= 11 is 0. The topological polar surface area (TPSA) is 123 Å². The van der Waals surface area contributed by atoms with Crippen LogP contribution in [-0.2, 0) is 16.0 Å². The molecule has 2 heterocycles. The molecule has 0 spiro atoms. The number of hydrogen-bond acceptors (Lipinski definition) is 8. The van der Waals surface area contributed by atoms with Crippen molar-refractivity contribution in [3.63, 3.8) is 0 Å². The maximum atomic E-state index is 12.7. The summed E-state index contributed by atoms with van der Waals surface area (Å²) < 4.78 is 17.5. The minimum Gasteiger partial charge on any atom is -0.490 e. The standard InChI is InChI=1S/C29H34N4O6/c1-4-37-23-9-5-6-10-24(23)38-22-8-7-17-33(19-22)28-30-16-15-25(32-28)31-26(34)18-20-11-13-21(14-12-20)39-29(2,3)27(35)36/h5-6,9-16,22H,4,7-8,17-19H2,1-3H3,(H,35,36)(H,30,31,32,34). The number of hydrogen-bond donors (Lipinski definition) is 2. The van der Waals surface area contributed by atoms with Crippen molar-refractivity contribution < 1.29 is 28.9 Å². The van der Waals surface area contributed by atoms with Crippen LogP contribution >= 0.6 is 0 Å². The van der Waals surface area contributed by atoms with Crippen molar-refractivity contribution in [1.82, 2.24) is 9.97 Å². The third-order valence-corrected chi connectivity index (χ3v) is 6.19. The lowest BCUT2D eigenvalue weighted by molar-refractivity contribution is -0.152. The van der Waals surface area contributed by atoms with E-state index in [1.807, 2.05) is 31.2 Å². The van der Waals surface area contributed by atoms with Gasteiger partial charge in [-0.3, -0.25) is 4.79 Å². The van der Waals surface area contributed by atoms with Crippen molar-refractivity contribution >= 4 is 23.6 Å². The fraction of sp³-hybridized carbons (Fsp3) is 0.379. The molecule has 3 aromatic rings. The second-order valence-corrected chi connectivity index (χ2v) is 9.74. The van der Waals surface area contributed by atoms with Gasteiger partial charge in [0.25, 0.3) is 0 Å². The predicted octanol–water partition coefficient (Wildman–Crippen LogP) is 4.35. The Morgan fingerprint density at radius 3 is 2.56 bits per heavy atom. The van der Waals surface area contributed by atoms with E-state index < -0.39 is 11.6 Å². The van der Waals surface area contributed by atoms with Gasteiger partial charge in [0.05, 0.1) is 19.6 Å². The molecular weight excluding hydrogens is 500 g/mol. The molecule has 206 valence electrons. The molecule has 10 nitrogen and oxygen atoms in total. The molecule has 1 unspecified atom stereocenters. The van der Waals surface area contributed by atoms with Crippen LogP contribution in [0.5, 0.6) is 17.2 Å². The minimum atomic E-state index is -1.35. The third kappa shape index (κ3) is 7.59. The highest BCUT2D eigenvalue weighted by Gasteiger charge is 2.29. The summed E-state index contributed by atoms with van der Waals surface area (Å²) in [4.78, 5) is 35.0. The van der Waals surface area contributed by atoms with E-state index in [-0.39, 0.29) is 18.4 Å². The van der Waals surface area contributed by atoms with Gasteiger partial charge in [-0.25, -0.2) is 9.78 Å². The lowest BCUT2D eigenvalue weighted by Gasteiger charge is -2.33. The number of amides is 1. The van der Waals surface area contributed by atoms with Gasteiger partial charge in [-0.2, -0.15) is 4.98 Å². The van der Waals surface area contributed by atoms with Crippen LogP contribution < -0.4 is 24.4 Å². The Balaban J connectivity index is 1.34. The number of carbonyl (C=O) groups excluding carboxylic acids is 1. The maximum absolute atomic E-state index is 12.7. The first kappa shape index (κ1) is 27.7. The molecule has 2 aromatic carbocycles. The second-order valence-electron chi connectivity index (χ2n) is 9.74. The Labute approximate surface area is 227 Å². The minimum absolute atomic E-state index is 0.0461. The highest BCUT2D eigenvalue weighted by Crippen LogP contribution is 2.30. The molecule has 1 aliphatic heterocycles. The van der Waals surface area contributed by atoms with Gasteiger partial charge in [0.1, 0.15) is 17.7 Å². The molecule has 0 radical (unpaired) electrons. The first-order chi connectivity index (χ1) is 18.7. The van der Waals surface area contributed by atoms with Gasteiger partial charge in [0.15, 0.2) is 17.1 Å². The molecule has 0 saturated carbocycles. The number of anilines is 2. The Bertz CT molecular complexity index is 1280. The second kappa shape index (κ2) is 12.5. The number of benzene rings is 2. The van der Waals surface area contributed by atoms with Gasteiger partial charge in [-0.15, -0.1) is 0 Å². The number of aromatic nitrogens is 2. The summed E-state index contributed by atoms with van der Waals surface area (Å²) in [6.07, 6.45) is 3.54. The normalized spacial score (nSPS) is 15.4. The number of nitrogens with one attached hydrogen (secondary N) is 1. The number of nitrogens with zero attached hydrogens (tertiary/aromatic N) is 3. The fourth-order valence-corrected chi connectivity index (χ4v) is 4.17. The summed E-state index contributed by atoms with van der Waals surface area (Å²) in [7, 11) is 0. The lowest BCUT2D eigenvalue weighted by Crippen LogP contribution is -2.42. The third-order valence-electron chi connectivity index (χ3n) is 6.19. The lowest BCUT2D eigenvalue weighted by atomic mass is 10.1. The molecule has 1 aliphatic rings. The summed E-state index contributed by atoms with van der Waals surface area (Å²) in [6, 6.07) is 16.1. The number of carbonyl (C=O) groups is 2. The number of rotatable bonds is 11. The molecule has 0 bridgehead atoms. The van der Waals surface area contributed by atoms with E-state index in [0.717, 1.165) is 36.4 Å². The van der Waals surface area contributed by atoms with Gasteiger partial charge in [0.2, 0.25) is 11.9 Å². The largest absolute Gasteiger partial charge is 0.490 e. The van der Waals surface area contributed by atoms with Gasteiger partial charge >= 0.3 is 5.97 Å². The van der Waals surface area contributed by atoms with E-state index in [4.69, 9.17) is 14.2 Å². The summed E-state index contributed by atoms with van der Waals surface area (Å²) in [6.45, 7) is 6.87. The Kier molecular flexibility index (Phi) is 8.85. The van der Waals surface area contributed by atoms with Crippen molar-refractivity contribution in [3.8, 4) is 17.2 Å². The van der Waals surface area contributed by atoms with Crippen LogP contribution in [0, 0.1) is 0 Å². The van der Waals surface area contributed by atoms with Crippen molar-refractivity contribution in [2.24, 2.45) is 0 Å². The van der Waals surface area contributed by atoms with E-state index in [0.29, 0.717) is 30.7 Å². The SMILES string of the molecule is CCOc1ccccc1OC1CCCN(c2nccc(NC(=O)Cc3ccc(OC(C)(C)C(=O)O)cc3)n2)C1. The first-order valence-electron chi connectivity index (χ1n) is 13.0. The molecule has 4 rings (SSSR count). The zero-order chi connectivity index (χ0) is 27.8. The Hall–Kier alpha value is -4.34. The van der Waals surface area contributed by atoms with Crippen molar-refractivity contribution in [3.05, 3.63) is 66.4 Å². The summed E-state index contributed by atoms with van der Waals surface area (Å²) in [5.74, 6) is 1.51. The van der Waals surface area contributed by atoms with E-state index in [1.54, 1.807) is 36.5 Å². The zero-order valence-corrected chi connectivity index (χ0v) is 22.4. The van der Waals surface area contributed by atoms with Crippen LogP contribution in [0.15, 0.2) is 60.8 Å². The van der Waals surface area contributed by atoms with Crippen LogP contribution in [0.3, 0.4) is 0 Å². The van der Waals surface area contributed by atoms with Crippen LogP contribution in [0.25, 0.3) is 0 Å². The molecule has 10 heteroatoms. The van der Waals surface area contributed by atoms with Crippen LogP contribution in [0.4, 0.5) is 11.8 Å². The monoisotopic (exact) mass is 534 g/mol. The Morgan fingerprint density at radius 1 is 1.10 bits per heavy atom. The first-order valence-corrected chi connectivity index (χ1v) is 13.0. The number of para-hydroxylation sites is 2. The van der Waals surface area contributed by atoms with Gasteiger partial charge in [-0.1, -0.05) is 24.3 Å². The molecular formula is C29H34N4O6. The zero-order valence-electron chi connectivity index (χ0n) is 22.4. The van der Waals surface area contributed by atoms with Gasteiger partial charge < -0.3 is 29.5 Å². The van der Waals surface area contributed by atoms with Crippen molar-refractivity contribution in [2.75, 3.05) is 29.9 Å². The summed E-state index contributed by atoms with van der Waals surface area (Å²) in [5.41, 5.74) is -0.594. The number of aliphatic carboxylic acids is 1. The highest BCUT2D eigenvalue weighted by atomic mass is 16.5. The number of carboxylic acids is 1. The molecule has 39 heavy (non-hydrogen) atoms. The average Bonchev–Trinajstić information content (AvgIpc) is 2.91. The van der Waals surface area contributed by atoms with E-state index in [9.17, 15) is 14.7 Å². The number of ether oxygens (including phenoxy) is 3. The molecule has 1 atom stereocenters. The van der Waals surface area contributed by atoms with Crippen LogP contribution in [0.1, 0.15) is 39.2 Å². The van der Waals surface area contributed by atoms with Crippen molar-refractivity contribution in [1.29, 1.82) is 0 Å². The predicted molar refractivity (Wildman–Crippen MR) is 147 cm³/mol. The quantitative estimate of drug-likeness (QED) is 0.370. The summed E-state index contributed by atoms with van der Waals surface area (Å²) in [5, 5.41) is 12.1.